The van der Waals surface area contributed by atoms with Crippen molar-refractivity contribution in [3.05, 3.63) is 29.8 Å². The van der Waals surface area contributed by atoms with E-state index in [4.69, 9.17) is 4.74 Å². The second kappa shape index (κ2) is 9.64. The predicted molar refractivity (Wildman–Crippen MR) is 97.3 cm³/mol. The lowest BCUT2D eigenvalue weighted by Gasteiger charge is -2.35. The van der Waals surface area contributed by atoms with Crippen molar-refractivity contribution >= 4 is 5.91 Å². The molecule has 5 nitrogen and oxygen atoms in total. The number of nitrogens with zero attached hydrogens (tertiary/aromatic N) is 1. The minimum absolute atomic E-state index is 0.0327. The van der Waals surface area contributed by atoms with Crippen molar-refractivity contribution in [2.75, 3.05) is 40.3 Å². The zero-order valence-corrected chi connectivity index (χ0v) is 15.2. The van der Waals surface area contributed by atoms with Gasteiger partial charge in [0.2, 0.25) is 5.91 Å². The second-order valence-electron chi connectivity index (χ2n) is 6.56. The molecule has 0 radical (unpaired) electrons. The number of methoxy groups -OCH3 is 1. The van der Waals surface area contributed by atoms with Crippen LogP contribution in [0.15, 0.2) is 24.3 Å². The molecule has 1 aromatic carbocycles. The molecule has 0 saturated carbocycles. The van der Waals surface area contributed by atoms with E-state index in [9.17, 15) is 4.79 Å². The number of amides is 1. The van der Waals surface area contributed by atoms with Gasteiger partial charge in [-0.3, -0.25) is 9.69 Å². The molecule has 5 heteroatoms. The maximum Gasteiger partial charge on any atom is 0.224 e. The Morgan fingerprint density at radius 3 is 2.58 bits per heavy atom. The van der Waals surface area contributed by atoms with E-state index < -0.39 is 0 Å². The Kier molecular flexibility index (Phi) is 7.53. The molecular formula is C19H31N3O2. The number of para-hydroxylation sites is 1. The Bertz CT molecular complexity index is 515. The van der Waals surface area contributed by atoms with Crippen molar-refractivity contribution in [2.24, 2.45) is 5.92 Å². The van der Waals surface area contributed by atoms with E-state index in [1.54, 1.807) is 7.11 Å². The van der Waals surface area contributed by atoms with Crippen LogP contribution in [0.5, 0.6) is 5.75 Å². The molecule has 0 aromatic heterocycles. The largest absolute Gasteiger partial charge is 0.496 e. The van der Waals surface area contributed by atoms with Crippen LogP contribution in [0.2, 0.25) is 0 Å². The van der Waals surface area contributed by atoms with Gasteiger partial charge in [0.05, 0.1) is 13.2 Å². The number of rotatable bonds is 8. The van der Waals surface area contributed by atoms with E-state index in [-0.39, 0.29) is 17.9 Å². The first-order chi connectivity index (χ1) is 11.7. The molecule has 24 heavy (non-hydrogen) atoms. The SMILES string of the molecule is CNCC(C)C(=O)NCC(c1ccccc1OC)N1CCCCC1. The zero-order valence-electron chi connectivity index (χ0n) is 15.2. The summed E-state index contributed by atoms with van der Waals surface area (Å²) in [7, 11) is 3.58. The molecule has 1 aliphatic heterocycles. The fourth-order valence-electron chi connectivity index (χ4n) is 3.38. The quantitative estimate of drug-likeness (QED) is 0.766. The highest BCUT2D eigenvalue weighted by Gasteiger charge is 2.25. The summed E-state index contributed by atoms with van der Waals surface area (Å²) in [5, 5.41) is 6.20. The zero-order chi connectivity index (χ0) is 17.4. The molecule has 134 valence electrons. The average molecular weight is 333 g/mol. The first-order valence-corrected chi connectivity index (χ1v) is 8.96. The maximum atomic E-state index is 12.3. The molecule has 1 amide bonds. The van der Waals surface area contributed by atoms with Crippen LogP contribution in [0, 0.1) is 5.92 Å². The molecule has 1 aromatic rings. The third kappa shape index (κ3) is 4.95. The number of benzene rings is 1. The molecule has 1 saturated heterocycles. The number of hydrogen-bond acceptors (Lipinski definition) is 4. The van der Waals surface area contributed by atoms with Crippen LogP contribution in [-0.2, 0) is 4.79 Å². The Balaban J connectivity index is 2.12. The number of nitrogens with one attached hydrogen (secondary N) is 2. The number of likely N-dealkylation sites (tertiary alicyclic amines) is 1. The van der Waals surface area contributed by atoms with E-state index in [0.29, 0.717) is 13.1 Å². The fourth-order valence-corrected chi connectivity index (χ4v) is 3.38. The van der Waals surface area contributed by atoms with Crippen LogP contribution in [0.3, 0.4) is 0 Å². The smallest absolute Gasteiger partial charge is 0.224 e. The average Bonchev–Trinajstić information content (AvgIpc) is 2.63. The fraction of sp³-hybridized carbons (Fsp3) is 0.632. The Hall–Kier alpha value is -1.59. The number of carbonyl (C=O) groups is 1. The number of ether oxygens (including phenoxy) is 1. The first-order valence-electron chi connectivity index (χ1n) is 8.96. The molecule has 1 fully saturated rings. The van der Waals surface area contributed by atoms with E-state index in [1.807, 2.05) is 32.2 Å². The highest BCUT2D eigenvalue weighted by molar-refractivity contribution is 5.78. The van der Waals surface area contributed by atoms with E-state index in [1.165, 1.54) is 19.3 Å². The van der Waals surface area contributed by atoms with Crippen LogP contribution < -0.4 is 15.4 Å². The molecule has 2 atom stereocenters. The Labute approximate surface area is 145 Å². The van der Waals surface area contributed by atoms with Gasteiger partial charge in [-0.1, -0.05) is 31.5 Å². The van der Waals surface area contributed by atoms with Gasteiger partial charge in [0.25, 0.3) is 0 Å². The molecule has 0 spiro atoms. The van der Waals surface area contributed by atoms with E-state index in [0.717, 1.165) is 24.4 Å². The topological polar surface area (TPSA) is 53.6 Å². The predicted octanol–water partition coefficient (Wildman–Crippen LogP) is 2.19. The summed E-state index contributed by atoms with van der Waals surface area (Å²) in [6, 6.07) is 8.30. The summed E-state index contributed by atoms with van der Waals surface area (Å²) in [5.41, 5.74) is 1.16. The van der Waals surface area contributed by atoms with Crippen LogP contribution >= 0.6 is 0 Å². The van der Waals surface area contributed by atoms with Crippen molar-refractivity contribution in [1.29, 1.82) is 0 Å². The molecule has 2 N–H and O–H groups in total. The van der Waals surface area contributed by atoms with E-state index >= 15 is 0 Å². The van der Waals surface area contributed by atoms with Crippen LogP contribution in [0.1, 0.15) is 37.8 Å². The number of piperidine rings is 1. The molecule has 1 aliphatic rings. The minimum atomic E-state index is -0.0327. The highest BCUT2D eigenvalue weighted by atomic mass is 16.5. The normalized spacial score (nSPS) is 18.0. The second-order valence-corrected chi connectivity index (χ2v) is 6.56. The van der Waals surface area contributed by atoms with Crippen molar-refractivity contribution in [1.82, 2.24) is 15.5 Å². The number of carbonyl (C=O) groups excluding carboxylic acids is 1. The monoisotopic (exact) mass is 333 g/mol. The lowest BCUT2D eigenvalue weighted by molar-refractivity contribution is -0.124. The molecule has 0 bridgehead atoms. The third-order valence-electron chi connectivity index (χ3n) is 4.76. The van der Waals surface area contributed by atoms with Crippen molar-refractivity contribution in [2.45, 2.75) is 32.2 Å². The summed E-state index contributed by atoms with van der Waals surface area (Å²) >= 11 is 0. The van der Waals surface area contributed by atoms with Gasteiger partial charge in [-0.05, 0) is 39.0 Å². The molecule has 2 unspecified atom stereocenters. The van der Waals surface area contributed by atoms with Gasteiger partial charge in [-0.2, -0.15) is 0 Å². The van der Waals surface area contributed by atoms with Crippen LogP contribution in [0.25, 0.3) is 0 Å². The maximum absolute atomic E-state index is 12.3. The van der Waals surface area contributed by atoms with Crippen molar-refractivity contribution in [3.8, 4) is 5.75 Å². The Morgan fingerprint density at radius 2 is 1.92 bits per heavy atom. The summed E-state index contributed by atoms with van der Waals surface area (Å²) in [6.07, 6.45) is 3.73. The van der Waals surface area contributed by atoms with Gasteiger partial charge in [-0.15, -0.1) is 0 Å². The van der Waals surface area contributed by atoms with Gasteiger partial charge in [0.15, 0.2) is 0 Å². The lowest BCUT2D eigenvalue weighted by atomic mass is 10.00. The molecule has 2 rings (SSSR count). The van der Waals surface area contributed by atoms with Gasteiger partial charge in [0.1, 0.15) is 5.75 Å². The van der Waals surface area contributed by atoms with Gasteiger partial charge in [-0.25, -0.2) is 0 Å². The van der Waals surface area contributed by atoms with Crippen molar-refractivity contribution in [3.63, 3.8) is 0 Å². The van der Waals surface area contributed by atoms with E-state index in [2.05, 4.69) is 21.6 Å². The lowest BCUT2D eigenvalue weighted by Crippen LogP contribution is -2.43. The molecule has 0 aliphatic carbocycles. The van der Waals surface area contributed by atoms with Gasteiger partial charge in [0, 0.05) is 24.6 Å². The van der Waals surface area contributed by atoms with Gasteiger partial charge >= 0.3 is 0 Å². The summed E-state index contributed by atoms with van der Waals surface area (Å²) < 4.78 is 5.56. The van der Waals surface area contributed by atoms with Crippen LogP contribution in [-0.4, -0.2) is 51.1 Å². The van der Waals surface area contributed by atoms with Gasteiger partial charge < -0.3 is 15.4 Å². The standard InChI is InChI=1S/C19H31N3O2/c1-15(13-20-2)19(23)21-14-17(22-11-7-4-8-12-22)16-9-5-6-10-18(16)24-3/h5-6,9-10,15,17,20H,4,7-8,11-14H2,1-3H3,(H,21,23). The summed E-state index contributed by atoms with van der Waals surface area (Å²) in [4.78, 5) is 14.8. The first kappa shape index (κ1) is 18.7. The summed E-state index contributed by atoms with van der Waals surface area (Å²) in [6.45, 7) is 5.41. The molecule has 1 heterocycles. The minimum Gasteiger partial charge on any atom is -0.496 e. The number of hydrogen-bond donors (Lipinski definition) is 2. The summed E-state index contributed by atoms with van der Waals surface area (Å²) in [5.74, 6) is 0.960. The third-order valence-corrected chi connectivity index (χ3v) is 4.76. The Morgan fingerprint density at radius 1 is 1.21 bits per heavy atom. The molecular weight excluding hydrogens is 302 g/mol. The van der Waals surface area contributed by atoms with Crippen LogP contribution in [0.4, 0.5) is 0 Å². The highest BCUT2D eigenvalue weighted by Crippen LogP contribution is 2.30. The van der Waals surface area contributed by atoms with Crippen molar-refractivity contribution < 1.29 is 9.53 Å².